The lowest BCUT2D eigenvalue weighted by Gasteiger charge is -2.37. The molecular formula is C14H18N2O3. The molecule has 5 heteroatoms. The summed E-state index contributed by atoms with van der Waals surface area (Å²) in [5.74, 6) is 0.594. The second kappa shape index (κ2) is 4.72. The Morgan fingerprint density at radius 1 is 1.21 bits per heavy atom. The van der Waals surface area contributed by atoms with E-state index in [1.165, 1.54) is 13.2 Å². The molecule has 0 aromatic carbocycles. The molecule has 3 rings (SSSR count). The van der Waals surface area contributed by atoms with Gasteiger partial charge >= 0.3 is 5.97 Å². The first kappa shape index (κ1) is 12.3. The van der Waals surface area contributed by atoms with Crippen molar-refractivity contribution in [1.29, 1.82) is 0 Å². The summed E-state index contributed by atoms with van der Waals surface area (Å²) in [6.07, 6.45) is 5.34. The van der Waals surface area contributed by atoms with Crippen LogP contribution in [0.2, 0.25) is 0 Å². The van der Waals surface area contributed by atoms with E-state index in [1.807, 2.05) is 4.90 Å². The van der Waals surface area contributed by atoms with E-state index >= 15 is 0 Å². The molecule has 0 saturated carbocycles. The van der Waals surface area contributed by atoms with Crippen molar-refractivity contribution in [2.24, 2.45) is 0 Å². The van der Waals surface area contributed by atoms with Gasteiger partial charge in [-0.25, -0.2) is 4.79 Å². The molecule has 3 aliphatic rings. The van der Waals surface area contributed by atoms with E-state index in [2.05, 4.69) is 9.64 Å². The summed E-state index contributed by atoms with van der Waals surface area (Å²) < 4.78 is 4.65. The van der Waals surface area contributed by atoms with Gasteiger partial charge in [0, 0.05) is 25.2 Å². The third-order valence-corrected chi connectivity index (χ3v) is 3.99. The highest BCUT2D eigenvalue weighted by atomic mass is 16.5. The van der Waals surface area contributed by atoms with E-state index in [0.717, 1.165) is 56.7 Å². The fourth-order valence-corrected chi connectivity index (χ4v) is 3.13. The second-order valence-corrected chi connectivity index (χ2v) is 5.13. The SMILES string of the molecule is COC(=O)/C=C1\C(=O)C2=C3N(CCCC2)CCCN31. The zero-order valence-electron chi connectivity index (χ0n) is 11.1. The maximum Gasteiger partial charge on any atom is 0.332 e. The van der Waals surface area contributed by atoms with Crippen LogP contribution in [-0.4, -0.2) is 48.3 Å². The zero-order valence-corrected chi connectivity index (χ0v) is 11.1. The van der Waals surface area contributed by atoms with Gasteiger partial charge in [-0.15, -0.1) is 0 Å². The molecule has 0 unspecified atom stereocenters. The van der Waals surface area contributed by atoms with Crippen molar-refractivity contribution in [3.8, 4) is 0 Å². The molecule has 0 aromatic rings. The van der Waals surface area contributed by atoms with E-state index in [0.29, 0.717) is 5.70 Å². The predicted octanol–water partition coefficient (Wildman–Crippen LogP) is 1.03. The highest BCUT2D eigenvalue weighted by Crippen LogP contribution is 2.38. The Morgan fingerprint density at radius 2 is 2.00 bits per heavy atom. The van der Waals surface area contributed by atoms with Crippen molar-refractivity contribution in [3.63, 3.8) is 0 Å². The number of methoxy groups -OCH3 is 1. The lowest BCUT2D eigenvalue weighted by Crippen LogP contribution is -2.40. The van der Waals surface area contributed by atoms with Gasteiger partial charge in [-0.3, -0.25) is 4.79 Å². The Kier molecular flexibility index (Phi) is 3.05. The Labute approximate surface area is 112 Å². The van der Waals surface area contributed by atoms with Crippen LogP contribution in [0.15, 0.2) is 23.2 Å². The summed E-state index contributed by atoms with van der Waals surface area (Å²) >= 11 is 0. The first-order chi connectivity index (χ1) is 9.22. The van der Waals surface area contributed by atoms with Gasteiger partial charge in [-0.2, -0.15) is 0 Å². The minimum Gasteiger partial charge on any atom is -0.466 e. The summed E-state index contributed by atoms with van der Waals surface area (Å²) in [7, 11) is 1.33. The number of esters is 1. The lowest BCUT2D eigenvalue weighted by atomic mass is 10.1. The van der Waals surface area contributed by atoms with E-state index in [-0.39, 0.29) is 5.78 Å². The van der Waals surface area contributed by atoms with E-state index in [4.69, 9.17) is 0 Å². The number of ketones is 1. The lowest BCUT2D eigenvalue weighted by molar-refractivity contribution is -0.135. The largest absolute Gasteiger partial charge is 0.466 e. The molecule has 19 heavy (non-hydrogen) atoms. The maximum absolute atomic E-state index is 12.5. The number of Topliss-reactive ketones (excluding diaryl/α,β-unsaturated/α-hetero) is 1. The summed E-state index contributed by atoms with van der Waals surface area (Å²) in [4.78, 5) is 28.2. The van der Waals surface area contributed by atoms with Crippen LogP contribution in [0.25, 0.3) is 0 Å². The fraction of sp³-hybridized carbons (Fsp3) is 0.571. The van der Waals surface area contributed by atoms with Crippen LogP contribution in [0.3, 0.4) is 0 Å². The van der Waals surface area contributed by atoms with Gasteiger partial charge in [0.15, 0.2) is 0 Å². The van der Waals surface area contributed by atoms with Gasteiger partial charge in [0.1, 0.15) is 5.82 Å². The standard InChI is InChI=1S/C14H18N2O3/c1-19-12(17)9-11-13(18)10-5-2-3-6-15-7-4-8-16(11)14(10)15/h9H,2-8H2,1H3/b11-9+. The predicted molar refractivity (Wildman–Crippen MR) is 68.9 cm³/mol. The molecule has 0 bridgehead atoms. The van der Waals surface area contributed by atoms with Crippen LogP contribution in [0.4, 0.5) is 0 Å². The van der Waals surface area contributed by atoms with Crippen molar-refractivity contribution < 1.29 is 14.3 Å². The molecule has 0 aromatic heterocycles. The third-order valence-electron chi connectivity index (χ3n) is 3.99. The first-order valence-corrected chi connectivity index (χ1v) is 6.82. The third kappa shape index (κ3) is 1.93. The molecule has 0 aliphatic carbocycles. The molecule has 3 aliphatic heterocycles. The van der Waals surface area contributed by atoms with E-state index in [9.17, 15) is 9.59 Å². The minimum atomic E-state index is -0.460. The van der Waals surface area contributed by atoms with Crippen LogP contribution in [0, 0.1) is 0 Å². The van der Waals surface area contributed by atoms with E-state index in [1.54, 1.807) is 0 Å². The summed E-state index contributed by atoms with van der Waals surface area (Å²) in [6, 6.07) is 0. The highest BCUT2D eigenvalue weighted by molar-refractivity contribution is 6.13. The van der Waals surface area contributed by atoms with Crippen LogP contribution < -0.4 is 0 Å². The number of ether oxygens (including phenoxy) is 1. The maximum atomic E-state index is 12.5. The number of allylic oxidation sites excluding steroid dienone is 1. The van der Waals surface area contributed by atoms with Gasteiger partial charge in [-0.05, 0) is 25.7 Å². The molecule has 3 heterocycles. The molecule has 0 N–H and O–H groups in total. The molecule has 1 fully saturated rings. The normalized spacial score (nSPS) is 24.7. The molecule has 0 radical (unpaired) electrons. The number of hydrogen-bond acceptors (Lipinski definition) is 5. The summed E-state index contributed by atoms with van der Waals surface area (Å²) in [6.45, 7) is 2.83. The Hall–Kier alpha value is -1.78. The van der Waals surface area contributed by atoms with Gasteiger partial charge in [-0.1, -0.05) is 0 Å². The Balaban J connectivity index is 2.01. The molecule has 1 saturated heterocycles. The van der Waals surface area contributed by atoms with Crippen LogP contribution in [0.1, 0.15) is 25.7 Å². The molecule has 5 nitrogen and oxygen atoms in total. The molecule has 0 atom stereocenters. The fourth-order valence-electron chi connectivity index (χ4n) is 3.13. The minimum absolute atomic E-state index is 0.00852. The van der Waals surface area contributed by atoms with Gasteiger partial charge in [0.05, 0.1) is 18.9 Å². The van der Waals surface area contributed by atoms with Crippen molar-refractivity contribution in [1.82, 2.24) is 9.80 Å². The van der Waals surface area contributed by atoms with Gasteiger partial charge in [0.2, 0.25) is 5.78 Å². The Bertz CT molecular complexity index is 493. The Morgan fingerprint density at radius 3 is 2.79 bits per heavy atom. The van der Waals surface area contributed by atoms with Crippen molar-refractivity contribution >= 4 is 11.8 Å². The number of carbonyl (C=O) groups is 2. The summed E-state index contributed by atoms with van der Waals surface area (Å²) in [5.41, 5.74) is 1.37. The number of carbonyl (C=O) groups excluding carboxylic acids is 2. The van der Waals surface area contributed by atoms with Crippen molar-refractivity contribution in [2.45, 2.75) is 25.7 Å². The highest BCUT2D eigenvalue weighted by Gasteiger charge is 2.40. The average molecular weight is 262 g/mol. The summed E-state index contributed by atoms with van der Waals surface area (Å²) in [5, 5.41) is 0. The average Bonchev–Trinajstić information content (AvgIpc) is 2.60. The first-order valence-electron chi connectivity index (χ1n) is 6.82. The molecular weight excluding hydrogens is 244 g/mol. The van der Waals surface area contributed by atoms with Crippen LogP contribution in [0.5, 0.6) is 0 Å². The number of hydrogen-bond donors (Lipinski definition) is 0. The number of nitrogens with zero attached hydrogens (tertiary/aromatic N) is 2. The topological polar surface area (TPSA) is 49.9 Å². The monoisotopic (exact) mass is 262 g/mol. The van der Waals surface area contributed by atoms with Gasteiger partial charge < -0.3 is 14.5 Å². The quantitative estimate of drug-likeness (QED) is 0.522. The molecule has 0 spiro atoms. The smallest absolute Gasteiger partial charge is 0.332 e. The van der Waals surface area contributed by atoms with Crippen molar-refractivity contribution in [3.05, 3.63) is 23.2 Å². The van der Waals surface area contributed by atoms with Crippen LogP contribution >= 0.6 is 0 Å². The van der Waals surface area contributed by atoms with Crippen molar-refractivity contribution in [2.75, 3.05) is 26.7 Å². The molecule has 0 amide bonds. The van der Waals surface area contributed by atoms with Crippen LogP contribution in [-0.2, 0) is 14.3 Å². The van der Waals surface area contributed by atoms with Gasteiger partial charge in [0.25, 0.3) is 0 Å². The molecule has 102 valence electrons. The second-order valence-electron chi connectivity index (χ2n) is 5.13. The zero-order chi connectivity index (χ0) is 13.4. The van der Waals surface area contributed by atoms with E-state index < -0.39 is 5.97 Å². The number of rotatable bonds is 1.